The Morgan fingerprint density at radius 3 is 2.39 bits per heavy atom. The van der Waals surface area contributed by atoms with Crippen LogP contribution in [0.5, 0.6) is 0 Å². The van der Waals surface area contributed by atoms with Crippen LogP contribution in [-0.2, 0) is 11.2 Å². The number of nitrogens with zero attached hydrogens (tertiary/aromatic N) is 2. The van der Waals surface area contributed by atoms with Crippen LogP contribution < -0.4 is 0 Å². The molecule has 0 bridgehead atoms. The lowest BCUT2D eigenvalue weighted by atomic mass is 9.84. The highest BCUT2D eigenvalue weighted by Crippen LogP contribution is 2.27. The molecule has 0 spiro atoms. The van der Waals surface area contributed by atoms with Crippen LogP contribution in [0.2, 0.25) is 0 Å². The van der Waals surface area contributed by atoms with Crippen LogP contribution in [0, 0.1) is 5.92 Å². The fourth-order valence-electron chi connectivity index (χ4n) is 3.83. The van der Waals surface area contributed by atoms with E-state index in [0.717, 1.165) is 45.6 Å². The zero-order chi connectivity index (χ0) is 16.1. The number of rotatable bonds is 4. The number of carbonyl (C=O) groups is 1. The Bertz CT molecular complexity index is 494. The van der Waals surface area contributed by atoms with E-state index < -0.39 is 6.09 Å². The summed E-state index contributed by atoms with van der Waals surface area (Å²) in [5.41, 5.74) is 1.37. The van der Waals surface area contributed by atoms with Crippen LogP contribution in [-0.4, -0.2) is 66.4 Å². The molecule has 5 heteroatoms. The predicted octanol–water partition coefficient (Wildman–Crippen LogP) is 2.32. The number of piperidine rings is 1. The summed E-state index contributed by atoms with van der Waals surface area (Å²) in [5, 5.41) is 9.15. The Morgan fingerprint density at radius 1 is 1.13 bits per heavy atom. The quantitative estimate of drug-likeness (QED) is 0.926. The summed E-state index contributed by atoms with van der Waals surface area (Å²) >= 11 is 0. The zero-order valence-electron chi connectivity index (χ0n) is 13.6. The van der Waals surface area contributed by atoms with Gasteiger partial charge in [0.05, 0.1) is 13.2 Å². The first-order valence-corrected chi connectivity index (χ1v) is 8.57. The molecule has 1 amide bonds. The summed E-state index contributed by atoms with van der Waals surface area (Å²) in [6, 6.07) is 11.1. The molecule has 2 saturated heterocycles. The molecule has 2 aliphatic rings. The SMILES string of the molecule is O=C(O)N1CCC(C(Cc2ccccc2)N2CCOCC2)CC1. The van der Waals surface area contributed by atoms with Gasteiger partial charge in [0.25, 0.3) is 0 Å². The van der Waals surface area contributed by atoms with Gasteiger partial charge < -0.3 is 14.7 Å². The lowest BCUT2D eigenvalue weighted by molar-refractivity contribution is -0.00586. The molecule has 0 saturated carbocycles. The molecule has 23 heavy (non-hydrogen) atoms. The number of ether oxygens (including phenoxy) is 1. The summed E-state index contributed by atoms with van der Waals surface area (Å²) in [6.07, 6.45) is 2.18. The van der Waals surface area contributed by atoms with Gasteiger partial charge in [-0.05, 0) is 30.7 Å². The Labute approximate surface area is 137 Å². The summed E-state index contributed by atoms with van der Waals surface area (Å²) in [5.74, 6) is 0.559. The predicted molar refractivity (Wildman–Crippen MR) is 88.6 cm³/mol. The van der Waals surface area contributed by atoms with Crippen molar-refractivity contribution in [2.75, 3.05) is 39.4 Å². The van der Waals surface area contributed by atoms with Gasteiger partial charge in [-0.2, -0.15) is 0 Å². The topological polar surface area (TPSA) is 53.0 Å². The molecule has 3 rings (SSSR count). The third-order valence-corrected chi connectivity index (χ3v) is 5.16. The van der Waals surface area contributed by atoms with E-state index >= 15 is 0 Å². The average molecular weight is 318 g/mol. The zero-order valence-corrected chi connectivity index (χ0v) is 13.6. The van der Waals surface area contributed by atoms with Gasteiger partial charge in [-0.3, -0.25) is 4.90 Å². The Morgan fingerprint density at radius 2 is 1.78 bits per heavy atom. The first-order chi connectivity index (χ1) is 11.2. The van der Waals surface area contributed by atoms with Crippen molar-refractivity contribution in [2.45, 2.75) is 25.3 Å². The minimum atomic E-state index is -0.783. The third-order valence-electron chi connectivity index (χ3n) is 5.16. The molecule has 0 radical (unpaired) electrons. The molecule has 126 valence electrons. The minimum absolute atomic E-state index is 0.484. The second-order valence-corrected chi connectivity index (χ2v) is 6.51. The molecular weight excluding hydrogens is 292 g/mol. The van der Waals surface area contributed by atoms with Crippen molar-refractivity contribution in [1.82, 2.24) is 9.80 Å². The van der Waals surface area contributed by atoms with Gasteiger partial charge in [0.2, 0.25) is 0 Å². The second kappa shape index (κ2) is 7.79. The van der Waals surface area contributed by atoms with Gasteiger partial charge >= 0.3 is 6.09 Å². The van der Waals surface area contributed by atoms with Gasteiger partial charge in [-0.1, -0.05) is 30.3 Å². The summed E-state index contributed by atoms with van der Waals surface area (Å²) in [4.78, 5) is 15.2. The average Bonchev–Trinajstić information content (AvgIpc) is 2.61. The first-order valence-electron chi connectivity index (χ1n) is 8.57. The lowest BCUT2D eigenvalue weighted by Gasteiger charge is -2.42. The standard InChI is InChI=1S/C18H26N2O3/c21-18(22)20-8-6-16(7-9-20)17(19-10-12-23-13-11-19)14-15-4-2-1-3-5-15/h1-5,16-17H,6-14H2,(H,21,22). The smallest absolute Gasteiger partial charge is 0.407 e. The van der Waals surface area contributed by atoms with Crippen molar-refractivity contribution in [3.05, 3.63) is 35.9 Å². The summed E-state index contributed by atoms with van der Waals surface area (Å²) in [6.45, 7) is 4.90. The molecule has 0 aromatic heterocycles. The van der Waals surface area contributed by atoms with Gasteiger partial charge in [-0.15, -0.1) is 0 Å². The molecule has 1 atom stereocenters. The van der Waals surface area contributed by atoms with Crippen LogP contribution in [0.1, 0.15) is 18.4 Å². The first kappa shape index (κ1) is 16.3. The minimum Gasteiger partial charge on any atom is -0.465 e. The number of morpholine rings is 1. The molecule has 1 unspecified atom stereocenters. The highest BCUT2D eigenvalue weighted by atomic mass is 16.5. The van der Waals surface area contributed by atoms with E-state index in [1.54, 1.807) is 4.90 Å². The third kappa shape index (κ3) is 4.24. The molecule has 1 aromatic rings. The van der Waals surface area contributed by atoms with E-state index in [0.29, 0.717) is 25.0 Å². The molecule has 5 nitrogen and oxygen atoms in total. The molecule has 2 fully saturated rings. The van der Waals surface area contributed by atoms with E-state index in [4.69, 9.17) is 9.84 Å². The van der Waals surface area contributed by atoms with E-state index in [9.17, 15) is 4.79 Å². The molecule has 2 heterocycles. The molecule has 1 aromatic carbocycles. The van der Waals surface area contributed by atoms with Crippen molar-refractivity contribution < 1.29 is 14.6 Å². The number of benzene rings is 1. The highest BCUT2D eigenvalue weighted by molar-refractivity contribution is 5.64. The van der Waals surface area contributed by atoms with Crippen LogP contribution in [0.15, 0.2) is 30.3 Å². The van der Waals surface area contributed by atoms with E-state index in [2.05, 4.69) is 35.2 Å². The maximum absolute atomic E-state index is 11.1. The second-order valence-electron chi connectivity index (χ2n) is 6.51. The van der Waals surface area contributed by atoms with Gasteiger partial charge in [-0.25, -0.2) is 4.79 Å². The van der Waals surface area contributed by atoms with Gasteiger partial charge in [0.1, 0.15) is 0 Å². The van der Waals surface area contributed by atoms with Gasteiger partial charge in [0, 0.05) is 32.2 Å². The van der Waals surface area contributed by atoms with Crippen molar-refractivity contribution in [3.63, 3.8) is 0 Å². The molecule has 2 aliphatic heterocycles. The van der Waals surface area contributed by atoms with Crippen molar-refractivity contribution in [1.29, 1.82) is 0 Å². The molecule has 1 N–H and O–H groups in total. The highest BCUT2D eigenvalue weighted by Gasteiger charge is 2.32. The number of carboxylic acid groups (broad SMARTS) is 1. The Balaban J connectivity index is 1.68. The maximum Gasteiger partial charge on any atom is 0.407 e. The van der Waals surface area contributed by atoms with E-state index in [1.807, 2.05) is 0 Å². The monoisotopic (exact) mass is 318 g/mol. The van der Waals surface area contributed by atoms with Crippen LogP contribution in [0.25, 0.3) is 0 Å². The number of hydrogen-bond acceptors (Lipinski definition) is 3. The lowest BCUT2D eigenvalue weighted by Crippen LogP contribution is -2.51. The van der Waals surface area contributed by atoms with Crippen LogP contribution in [0.4, 0.5) is 4.79 Å². The van der Waals surface area contributed by atoms with Crippen LogP contribution in [0.3, 0.4) is 0 Å². The van der Waals surface area contributed by atoms with Crippen molar-refractivity contribution in [3.8, 4) is 0 Å². The van der Waals surface area contributed by atoms with Gasteiger partial charge in [0.15, 0.2) is 0 Å². The van der Waals surface area contributed by atoms with E-state index in [1.165, 1.54) is 5.56 Å². The number of amides is 1. The van der Waals surface area contributed by atoms with E-state index in [-0.39, 0.29) is 0 Å². The van der Waals surface area contributed by atoms with Crippen LogP contribution >= 0.6 is 0 Å². The maximum atomic E-state index is 11.1. The Kier molecular flexibility index (Phi) is 5.51. The normalized spacial score (nSPS) is 22.0. The molecule has 0 aliphatic carbocycles. The largest absolute Gasteiger partial charge is 0.465 e. The van der Waals surface area contributed by atoms with Crippen molar-refractivity contribution >= 4 is 6.09 Å². The Hall–Kier alpha value is -1.59. The molecular formula is C18H26N2O3. The summed E-state index contributed by atoms with van der Waals surface area (Å²) in [7, 11) is 0. The van der Waals surface area contributed by atoms with Crippen molar-refractivity contribution in [2.24, 2.45) is 5.92 Å². The summed E-state index contributed by atoms with van der Waals surface area (Å²) < 4.78 is 5.51. The fraction of sp³-hybridized carbons (Fsp3) is 0.611. The number of hydrogen-bond donors (Lipinski definition) is 1. The number of likely N-dealkylation sites (tertiary alicyclic amines) is 1. The fourth-order valence-corrected chi connectivity index (χ4v) is 3.83.